The highest BCUT2D eigenvalue weighted by molar-refractivity contribution is 7.98. The highest BCUT2D eigenvalue weighted by Gasteiger charge is 2.01. The number of nitriles is 1. The number of halogens is 1. The molecule has 0 saturated heterocycles. The molecule has 17 heavy (non-hydrogen) atoms. The molecule has 2 rings (SSSR count). The predicted octanol–water partition coefficient (Wildman–Crippen LogP) is 3.90. The van der Waals surface area contributed by atoms with Gasteiger partial charge in [0.05, 0.1) is 5.02 Å². The molecule has 0 amide bonds. The molecule has 84 valence electrons. The van der Waals surface area contributed by atoms with Crippen LogP contribution < -0.4 is 0 Å². The zero-order chi connectivity index (χ0) is 12.1. The fraction of sp³-hybridized carbons (Fsp3) is 0.0769. The van der Waals surface area contributed by atoms with Crippen molar-refractivity contribution in [1.82, 2.24) is 4.98 Å². The fourth-order valence-corrected chi connectivity index (χ4v) is 2.53. The van der Waals surface area contributed by atoms with Gasteiger partial charge in [-0.25, -0.2) is 4.98 Å². The minimum Gasteiger partial charge on any atom is -0.246 e. The van der Waals surface area contributed by atoms with E-state index in [1.54, 1.807) is 24.0 Å². The molecule has 1 aromatic heterocycles. The molecule has 0 fully saturated rings. The van der Waals surface area contributed by atoms with Crippen LogP contribution in [-0.4, -0.2) is 4.98 Å². The molecular weight excluding hydrogens is 252 g/mol. The van der Waals surface area contributed by atoms with E-state index in [1.165, 1.54) is 0 Å². The summed E-state index contributed by atoms with van der Waals surface area (Å²) in [6.07, 6.45) is 1.65. The highest BCUT2D eigenvalue weighted by Crippen LogP contribution is 2.29. The zero-order valence-electron chi connectivity index (χ0n) is 8.93. The summed E-state index contributed by atoms with van der Waals surface area (Å²) in [4.78, 5) is 4.98. The van der Waals surface area contributed by atoms with Gasteiger partial charge in [0.25, 0.3) is 0 Å². The summed E-state index contributed by atoms with van der Waals surface area (Å²) in [6.45, 7) is 0. The summed E-state index contributed by atoms with van der Waals surface area (Å²) in [5.41, 5.74) is 1.52. The Balaban J connectivity index is 2.08. The molecule has 1 aromatic carbocycles. The first-order chi connectivity index (χ1) is 8.29. The van der Waals surface area contributed by atoms with Gasteiger partial charge in [0, 0.05) is 16.8 Å². The molecule has 0 unspecified atom stereocenters. The van der Waals surface area contributed by atoms with E-state index < -0.39 is 0 Å². The molecule has 2 aromatic rings. The third-order valence-electron chi connectivity index (χ3n) is 2.17. The van der Waals surface area contributed by atoms with E-state index in [2.05, 4.69) is 4.98 Å². The molecule has 0 aliphatic heterocycles. The van der Waals surface area contributed by atoms with E-state index in [0.717, 1.165) is 21.2 Å². The number of aromatic nitrogens is 1. The van der Waals surface area contributed by atoms with Crippen LogP contribution in [0.3, 0.4) is 0 Å². The quantitative estimate of drug-likeness (QED) is 0.786. The molecule has 2 nitrogen and oxygen atoms in total. The highest BCUT2D eigenvalue weighted by atomic mass is 35.5. The van der Waals surface area contributed by atoms with Crippen molar-refractivity contribution in [2.45, 2.75) is 10.6 Å². The van der Waals surface area contributed by atoms with Crippen LogP contribution in [0.4, 0.5) is 0 Å². The van der Waals surface area contributed by atoms with Gasteiger partial charge in [-0.05, 0) is 29.8 Å². The van der Waals surface area contributed by atoms with E-state index in [-0.39, 0.29) is 0 Å². The van der Waals surface area contributed by atoms with Crippen LogP contribution >= 0.6 is 23.4 Å². The van der Waals surface area contributed by atoms with E-state index in [4.69, 9.17) is 16.9 Å². The first kappa shape index (κ1) is 12.0. The van der Waals surface area contributed by atoms with Gasteiger partial charge in [0.2, 0.25) is 0 Å². The number of hydrogen-bond donors (Lipinski definition) is 0. The number of nitrogens with zero attached hydrogens (tertiary/aromatic N) is 2. The molecule has 0 radical (unpaired) electrons. The molecule has 4 heteroatoms. The van der Waals surface area contributed by atoms with Crippen molar-refractivity contribution in [1.29, 1.82) is 5.26 Å². The summed E-state index contributed by atoms with van der Waals surface area (Å²) in [7, 11) is 0. The van der Waals surface area contributed by atoms with E-state index >= 15 is 0 Å². The van der Waals surface area contributed by atoms with Gasteiger partial charge in [-0.1, -0.05) is 23.7 Å². The second kappa shape index (κ2) is 5.72. The topological polar surface area (TPSA) is 36.7 Å². The van der Waals surface area contributed by atoms with Gasteiger partial charge in [-0.3, -0.25) is 0 Å². The number of benzene rings is 1. The molecule has 0 N–H and O–H groups in total. The lowest BCUT2D eigenvalue weighted by Gasteiger charge is -2.03. The summed E-state index contributed by atoms with van der Waals surface area (Å²) < 4.78 is 0. The lowest BCUT2D eigenvalue weighted by molar-refractivity contribution is 1.22. The SMILES string of the molecule is N#Cc1cc(CSc2ccccc2Cl)ccn1. The van der Waals surface area contributed by atoms with Crippen LogP contribution in [0.25, 0.3) is 0 Å². The average Bonchev–Trinajstić information content (AvgIpc) is 2.38. The standard InChI is InChI=1S/C13H9ClN2S/c14-12-3-1-2-4-13(12)17-9-10-5-6-16-11(7-10)8-15/h1-7H,9H2. The molecular formula is C13H9ClN2S. The van der Waals surface area contributed by atoms with E-state index in [9.17, 15) is 0 Å². The molecule has 0 aliphatic rings. The van der Waals surface area contributed by atoms with Crippen molar-refractivity contribution >= 4 is 23.4 Å². The third-order valence-corrected chi connectivity index (χ3v) is 3.76. The fourth-order valence-electron chi connectivity index (χ4n) is 1.35. The Labute approximate surface area is 109 Å². The number of hydrogen-bond acceptors (Lipinski definition) is 3. The Bertz CT molecular complexity index is 563. The zero-order valence-corrected chi connectivity index (χ0v) is 10.5. The Hall–Kier alpha value is -1.50. The number of thioether (sulfide) groups is 1. The summed E-state index contributed by atoms with van der Waals surface area (Å²) in [5, 5.41) is 9.51. The molecule has 1 heterocycles. The number of pyridine rings is 1. The molecule has 0 saturated carbocycles. The molecule has 0 spiro atoms. The maximum Gasteiger partial charge on any atom is 0.140 e. The largest absolute Gasteiger partial charge is 0.246 e. The predicted molar refractivity (Wildman–Crippen MR) is 70.0 cm³/mol. The Morgan fingerprint density at radius 3 is 2.88 bits per heavy atom. The van der Waals surface area contributed by atoms with Gasteiger partial charge in [0.1, 0.15) is 11.8 Å². The van der Waals surface area contributed by atoms with Gasteiger partial charge >= 0.3 is 0 Å². The molecule has 0 bridgehead atoms. The van der Waals surface area contributed by atoms with Crippen molar-refractivity contribution in [2.24, 2.45) is 0 Å². The second-order valence-electron chi connectivity index (χ2n) is 3.38. The maximum absolute atomic E-state index is 8.75. The smallest absolute Gasteiger partial charge is 0.140 e. The van der Waals surface area contributed by atoms with Crippen LogP contribution in [0.2, 0.25) is 5.02 Å². The Kier molecular flexibility index (Phi) is 4.03. The van der Waals surface area contributed by atoms with Crippen molar-refractivity contribution in [2.75, 3.05) is 0 Å². The first-order valence-corrected chi connectivity index (χ1v) is 6.38. The van der Waals surface area contributed by atoms with E-state index in [0.29, 0.717) is 5.69 Å². The first-order valence-electron chi connectivity index (χ1n) is 5.02. The van der Waals surface area contributed by atoms with Crippen LogP contribution in [-0.2, 0) is 5.75 Å². The minimum atomic E-state index is 0.447. The van der Waals surface area contributed by atoms with Gasteiger partial charge in [0.15, 0.2) is 0 Å². The Morgan fingerprint density at radius 1 is 1.29 bits per heavy atom. The van der Waals surface area contributed by atoms with Crippen molar-refractivity contribution in [3.05, 3.63) is 58.9 Å². The Morgan fingerprint density at radius 2 is 2.12 bits per heavy atom. The van der Waals surface area contributed by atoms with E-state index in [1.807, 2.05) is 36.4 Å². The minimum absolute atomic E-state index is 0.447. The van der Waals surface area contributed by atoms with Crippen LogP contribution in [0.15, 0.2) is 47.5 Å². The van der Waals surface area contributed by atoms with Crippen molar-refractivity contribution in [3.63, 3.8) is 0 Å². The van der Waals surface area contributed by atoms with Gasteiger partial charge in [-0.15, -0.1) is 11.8 Å². The van der Waals surface area contributed by atoms with Crippen molar-refractivity contribution in [3.8, 4) is 6.07 Å². The summed E-state index contributed by atoms with van der Waals surface area (Å²) >= 11 is 7.71. The van der Waals surface area contributed by atoms with Gasteiger partial charge < -0.3 is 0 Å². The monoisotopic (exact) mass is 260 g/mol. The van der Waals surface area contributed by atoms with Crippen LogP contribution in [0.5, 0.6) is 0 Å². The lowest BCUT2D eigenvalue weighted by Crippen LogP contribution is -1.86. The summed E-state index contributed by atoms with van der Waals surface area (Å²) in [6, 6.07) is 13.5. The van der Waals surface area contributed by atoms with Gasteiger partial charge in [-0.2, -0.15) is 5.26 Å². The number of rotatable bonds is 3. The molecule has 0 atom stereocenters. The molecule has 0 aliphatic carbocycles. The van der Waals surface area contributed by atoms with Crippen LogP contribution in [0, 0.1) is 11.3 Å². The second-order valence-corrected chi connectivity index (χ2v) is 4.80. The van der Waals surface area contributed by atoms with Crippen LogP contribution in [0.1, 0.15) is 11.3 Å². The lowest BCUT2D eigenvalue weighted by atomic mass is 10.2. The van der Waals surface area contributed by atoms with Crippen molar-refractivity contribution < 1.29 is 0 Å². The maximum atomic E-state index is 8.75. The average molecular weight is 261 g/mol. The third kappa shape index (κ3) is 3.23. The summed E-state index contributed by atoms with van der Waals surface area (Å²) in [5.74, 6) is 0.779. The normalized spacial score (nSPS) is 9.88.